The van der Waals surface area contributed by atoms with Crippen LogP contribution in [0.2, 0.25) is 0 Å². The van der Waals surface area contributed by atoms with Crippen LogP contribution in [0.25, 0.3) is 0 Å². The number of hydrogen-bond donors (Lipinski definition) is 4. The molecule has 0 heterocycles. The van der Waals surface area contributed by atoms with Crippen molar-refractivity contribution in [3.8, 4) is 0 Å². The van der Waals surface area contributed by atoms with Gasteiger partial charge in [0.1, 0.15) is 0 Å². The van der Waals surface area contributed by atoms with Crippen molar-refractivity contribution in [2.24, 2.45) is 0 Å². The molecular formula is C8H24O7Ti. The summed E-state index contributed by atoms with van der Waals surface area (Å²) < 4.78 is 0. The maximum Gasteiger partial charge on any atom is 0.0791 e. The molecule has 0 aliphatic heterocycles. The van der Waals surface area contributed by atoms with E-state index in [-0.39, 0.29) is 28.3 Å². The second-order valence-corrected chi connectivity index (χ2v) is 1.57. The normalized spacial score (nSPS) is 6.75. The molecule has 8 heteroatoms. The van der Waals surface area contributed by atoms with Crippen LogP contribution in [0.4, 0.5) is 0 Å². The summed E-state index contributed by atoms with van der Waals surface area (Å²) in [4.78, 5) is 10.6. The fourth-order valence-electron chi connectivity index (χ4n) is 0. The zero-order chi connectivity index (χ0) is 12.9. The van der Waals surface area contributed by atoms with Crippen LogP contribution in [-0.4, -0.2) is 47.3 Å². The molecule has 0 saturated heterocycles. The van der Waals surface area contributed by atoms with Crippen molar-refractivity contribution < 1.29 is 57.3 Å². The van der Waals surface area contributed by atoms with E-state index in [1.54, 1.807) is 27.7 Å². The molecule has 0 rings (SSSR count). The Morgan fingerprint density at radius 3 is 0.750 bits per heavy atom. The van der Waals surface area contributed by atoms with Crippen molar-refractivity contribution >= 4 is 0 Å². The van der Waals surface area contributed by atoms with Gasteiger partial charge >= 0.3 is 0 Å². The average molecular weight is 280 g/mol. The predicted octanol–water partition coefficient (Wildman–Crippen LogP) is 1.48. The first kappa shape index (κ1) is 29.9. The molecule has 0 aromatic heterocycles. The van der Waals surface area contributed by atoms with Gasteiger partial charge in [-0.1, -0.05) is 0 Å². The van der Waals surface area contributed by atoms with Crippen LogP contribution < -0.4 is 0 Å². The largest absolute Gasteiger partial charge is 0.397 e. The third kappa shape index (κ3) is 221. The summed E-state index contributed by atoms with van der Waals surface area (Å²) in [5, 5.41) is 29.7. The number of hydrogen-bond acceptors (Lipinski definition) is 7. The molecule has 4 N–H and O–H groups in total. The molecule has 7 nitrogen and oxygen atoms in total. The van der Waals surface area contributed by atoms with Crippen molar-refractivity contribution in [3.05, 3.63) is 0 Å². The van der Waals surface area contributed by atoms with E-state index in [9.17, 15) is 0 Å². The third-order valence-electron chi connectivity index (χ3n) is 0.387. The molecular weight excluding hydrogens is 256 g/mol. The Kier molecular flexibility index (Phi) is 109. The second kappa shape index (κ2) is 58.2. The quantitative estimate of drug-likeness (QED) is 0.352. The Morgan fingerprint density at radius 2 is 0.750 bits per heavy atom. The third-order valence-corrected chi connectivity index (χ3v) is 0.387. The summed E-state index contributed by atoms with van der Waals surface area (Å²) in [7, 11) is 0. The van der Waals surface area contributed by atoms with E-state index < -0.39 is 0 Å². The van der Waals surface area contributed by atoms with Gasteiger partial charge < -0.3 is 5.11 Å². The predicted molar refractivity (Wildman–Crippen MR) is 55.5 cm³/mol. The topological polar surface area (TPSA) is 109 Å². The number of rotatable bonds is 3. The molecule has 0 radical (unpaired) electrons. The van der Waals surface area contributed by atoms with Crippen molar-refractivity contribution in [2.45, 2.75) is 27.7 Å². The molecule has 0 spiro atoms. The van der Waals surface area contributed by atoms with Gasteiger partial charge in [-0.05, 0) is 27.7 Å². The molecule has 0 aromatic rings. The number of aliphatic hydroxyl groups is 1. The van der Waals surface area contributed by atoms with Crippen LogP contribution in [-0.2, 0) is 36.4 Å². The van der Waals surface area contributed by atoms with Crippen LogP contribution in [0.3, 0.4) is 0 Å². The smallest absolute Gasteiger partial charge is 0.0791 e. The zero-order valence-electron chi connectivity index (χ0n) is 10.3. The molecule has 0 aliphatic rings. The van der Waals surface area contributed by atoms with Gasteiger partial charge in [0.15, 0.2) is 0 Å². The summed E-state index contributed by atoms with van der Waals surface area (Å²) in [6, 6.07) is 0. The monoisotopic (exact) mass is 280 g/mol. The summed E-state index contributed by atoms with van der Waals surface area (Å²) in [5.74, 6) is 0. The van der Waals surface area contributed by atoms with Gasteiger partial charge in [-0.25, -0.2) is 14.7 Å². The molecule has 0 saturated carbocycles. The number of aliphatic hydroxyl groups excluding tert-OH is 1. The van der Waals surface area contributed by atoms with Gasteiger partial charge in [0, 0.05) is 28.3 Å². The zero-order valence-corrected chi connectivity index (χ0v) is 11.9. The van der Waals surface area contributed by atoms with E-state index in [4.69, 9.17) is 20.9 Å². The van der Waals surface area contributed by atoms with Crippen LogP contribution >= 0.6 is 0 Å². The van der Waals surface area contributed by atoms with Crippen LogP contribution in [0.15, 0.2) is 0 Å². The molecule has 0 amide bonds. The standard InChI is InChI=1S/3C2H6O2.C2H6O.Ti/c3*1-2-4-3;1-2-3;/h3*3H,2H2,1H3;3H,2H2,1H3;. The molecule has 16 heavy (non-hydrogen) atoms. The summed E-state index contributed by atoms with van der Waals surface area (Å²) in [6.45, 7) is 8.18. The van der Waals surface area contributed by atoms with Gasteiger partial charge in [-0.15, -0.1) is 0 Å². The average Bonchev–Trinajstić information content (AvgIpc) is 2.30. The summed E-state index contributed by atoms with van der Waals surface area (Å²) in [6.07, 6.45) is 0. The van der Waals surface area contributed by atoms with Gasteiger partial charge in [0.25, 0.3) is 0 Å². The van der Waals surface area contributed by atoms with Gasteiger partial charge in [0.2, 0.25) is 0 Å². The van der Waals surface area contributed by atoms with Crippen LogP contribution in [0, 0.1) is 0 Å². The van der Waals surface area contributed by atoms with Crippen molar-refractivity contribution in [1.29, 1.82) is 0 Å². The fourth-order valence-corrected chi connectivity index (χ4v) is 0. The van der Waals surface area contributed by atoms with E-state index in [2.05, 4.69) is 14.7 Å². The second-order valence-electron chi connectivity index (χ2n) is 1.57. The van der Waals surface area contributed by atoms with E-state index in [1.807, 2.05) is 0 Å². The fraction of sp³-hybridized carbons (Fsp3) is 1.00. The molecule has 102 valence electrons. The van der Waals surface area contributed by atoms with Crippen molar-refractivity contribution in [3.63, 3.8) is 0 Å². The van der Waals surface area contributed by atoms with Crippen LogP contribution in [0.5, 0.6) is 0 Å². The molecule has 0 bridgehead atoms. The van der Waals surface area contributed by atoms with Crippen molar-refractivity contribution in [2.75, 3.05) is 26.4 Å². The first-order valence-electron chi connectivity index (χ1n) is 4.56. The Bertz CT molecular complexity index is 44.1. The van der Waals surface area contributed by atoms with Gasteiger partial charge in [-0.2, -0.15) is 0 Å². The first-order valence-corrected chi connectivity index (χ1v) is 4.56. The molecule has 0 aromatic carbocycles. The Morgan fingerprint density at radius 1 is 0.688 bits per heavy atom. The first-order chi connectivity index (χ1) is 7.16. The Balaban J connectivity index is -0.0000000331. The molecule has 0 atom stereocenters. The minimum Gasteiger partial charge on any atom is -0.397 e. The van der Waals surface area contributed by atoms with Gasteiger partial charge in [0.05, 0.1) is 19.8 Å². The summed E-state index contributed by atoms with van der Waals surface area (Å²) >= 11 is 0. The molecule has 0 unspecified atom stereocenters. The Hall–Kier alpha value is 0.434. The van der Waals surface area contributed by atoms with E-state index in [1.165, 1.54) is 0 Å². The SMILES string of the molecule is CCO.CCOO.CCOO.CCOO.[Ti]. The Labute approximate surface area is 112 Å². The van der Waals surface area contributed by atoms with Crippen molar-refractivity contribution in [1.82, 2.24) is 0 Å². The molecule has 0 aliphatic carbocycles. The summed E-state index contributed by atoms with van der Waals surface area (Å²) in [5.41, 5.74) is 0. The van der Waals surface area contributed by atoms with E-state index >= 15 is 0 Å². The maximum atomic E-state index is 7.57. The maximum absolute atomic E-state index is 7.57. The molecule has 0 fully saturated rings. The van der Waals surface area contributed by atoms with E-state index in [0.29, 0.717) is 19.8 Å². The minimum atomic E-state index is 0. The minimum absolute atomic E-state index is 0. The van der Waals surface area contributed by atoms with Gasteiger partial charge in [-0.3, -0.25) is 15.8 Å². The van der Waals surface area contributed by atoms with Crippen LogP contribution in [0.1, 0.15) is 27.7 Å². The van der Waals surface area contributed by atoms with E-state index in [0.717, 1.165) is 0 Å².